The number of rotatable bonds is 13. The number of aliphatic hydroxyl groups is 1. The molecule has 0 aromatic heterocycles. The summed E-state index contributed by atoms with van der Waals surface area (Å²) in [4.78, 5) is 82.8. The third kappa shape index (κ3) is 8.06. The number of urea groups is 1. The number of nitrogens with two attached hydrogens (primary N) is 1. The summed E-state index contributed by atoms with van der Waals surface area (Å²) < 4.78 is 5.91. The largest absolute Gasteiger partial charge is 0.387 e. The van der Waals surface area contributed by atoms with Crippen LogP contribution in [0.25, 0.3) is 0 Å². The van der Waals surface area contributed by atoms with Crippen LogP contribution in [0.5, 0.6) is 0 Å². The number of primary amides is 1. The summed E-state index contributed by atoms with van der Waals surface area (Å²) in [7, 11) is 0. The summed E-state index contributed by atoms with van der Waals surface area (Å²) in [6.45, 7) is 4.78. The molecule has 0 aromatic rings. The lowest BCUT2D eigenvalue weighted by atomic mass is 9.59. The van der Waals surface area contributed by atoms with Crippen LogP contribution >= 0.6 is 0 Å². The van der Waals surface area contributed by atoms with Gasteiger partial charge in [0.05, 0.1) is 36.9 Å². The summed E-state index contributed by atoms with van der Waals surface area (Å²) in [6, 6.07) is -3.64. The van der Waals surface area contributed by atoms with Crippen molar-refractivity contribution in [1.29, 1.82) is 0 Å². The van der Waals surface area contributed by atoms with Crippen LogP contribution in [0.4, 0.5) is 4.79 Å². The Hall–Kier alpha value is -3.26. The number of Topliss-reactive ketones (excluding diaryl/α,β-unsaturated/α-hetero) is 1. The van der Waals surface area contributed by atoms with Crippen LogP contribution in [0, 0.1) is 23.2 Å². The number of nitrogens with zero attached hydrogens (tertiary/aromatic N) is 2. The molecule has 4 aliphatic carbocycles. The molecule has 2 heterocycles. The molecule has 6 rings (SSSR count). The minimum Gasteiger partial charge on any atom is -0.387 e. The van der Waals surface area contributed by atoms with Gasteiger partial charge in [-0.1, -0.05) is 58.8 Å². The summed E-state index contributed by atoms with van der Waals surface area (Å²) in [5, 5.41) is 20.4. The van der Waals surface area contributed by atoms with Gasteiger partial charge in [0.25, 0.3) is 5.91 Å². The number of β-amino-alcohol motifs (C(OH)–C–C–N with tert-alkyl or cyclic N) is 1. The third-order valence-corrected chi connectivity index (χ3v) is 13.4. The quantitative estimate of drug-likeness (QED) is 0.177. The maximum absolute atomic E-state index is 13.9. The molecule has 0 radical (unpaired) electrons. The molecule has 6 aliphatic rings. The number of morpholine rings is 1. The molecule has 14 nitrogen and oxygen atoms in total. The molecule has 4 atom stereocenters. The number of carbonyl (C=O) groups excluding carboxylic acids is 6. The van der Waals surface area contributed by atoms with Crippen molar-refractivity contribution < 1.29 is 38.6 Å². The van der Waals surface area contributed by atoms with Gasteiger partial charge in [0, 0.05) is 19.5 Å². The van der Waals surface area contributed by atoms with Crippen molar-refractivity contribution in [2.75, 3.05) is 32.8 Å². The Labute approximate surface area is 300 Å². The van der Waals surface area contributed by atoms with Crippen molar-refractivity contribution in [2.24, 2.45) is 28.9 Å². The van der Waals surface area contributed by atoms with Crippen LogP contribution in [0.1, 0.15) is 110 Å². The second kappa shape index (κ2) is 15.0. The summed E-state index contributed by atoms with van der Waals surface area (Å²) in [5.41, 5.74) is 3.05. The molecule has 2 unspecified atom stereocenters. The van der Waals surface area contributed by atoms with Gasteiger partial charge >= 0.3 is 6.03 Å². The molecule has 284 valence electrons. The lowest BCUT2D eigenvalue weighted by molar-refractivity contribution is -0.144. The fourth-order valence-corrected chi connectivity index (χ4v) is 9.06. The fourth-order valence-electron chi connectivity index (χ4n) is 9.06. The highest BCUT2D eigenvalue weighted by Crippen LogP contribution is 2.52. The van der Waals surface area contributed by atoms with E-state index in [0.29, 0.717) is 19.7 Å². The number of likely N-dealkylation sites (tertiary alicyclic amines) is 1. The Balaban J connectivity index is 1.14. The lowest BCUT2D eigenvalue weighted by Gasteiger charge is -2.49. The monoisotopic (exact) mass is 714 g/mol. The standard InChI is InChI=1S/C37H58N6O8/c1-35(2,25-12-7-13-25)37(50)19-27(32(47)40-26(30(45)31(38)46)18-23-8-6-9-23)43(22-37)28(44)20-39-34(49)41-29(24-10-4-3-5-11-24)33(48)42-16-17-51-36(21-42)14-15-36/h23-27,29,50H,3-22H2,1-2H3,(H2,38,46)(H,40,47)(H2,39,41,49)/t26?,27-,29-,37?/m0/s1. The van der Waals surface area contributed by atoms with E-state index in [-0.39, 0.29) is 48.6 Å². The first-order valence-corrected chi connectivity index (χ1v) is 19.3. The summed E-state index contributed by atoms with van der Waals surface area (Å²) in [6.07, 6.45) is 12.5. The predicted molar refractivity (Wildman–Crippen MR) is 186 cm³/mol. The van der Waals surface area contributed by atoms with E-state index in [1.54, 1.807) is 4.90 Å². The molecule has 2 saturated heterocycles. The van der Waals surface area contributed by atoms with Gasteiger partial charge in [0.15, 0.2) is 0 Å². The minimum atomic E-state index is -1.41. The molecule has 6 N–H and O–H groups in total. The maximum Gasteiger partial charge on any atom is 0.315 e. The van der Waals surface area contributed by atoms with Gasteiger partial charge < -0.3 is 41.3 Å². The highest BCUT2D eigenvalue weighted by atomic mass is 16.5. The first-order valence-electron chi connectivity index (χ1n) is 19.3. The topological polar surface area (TPSA) is 200 Å². The van der Waals surface area contributed by atoms with Crippen LogP contribution in [-0.2, 0) is 28.7 Å². The van der Waals surface area contributed by atoms with Gasteiger partial charge in [-0.25, -0.2) is 4.79 Å². The van der Waals surface area contributed by atoms with Crippen LogP contribution in [0.15, 0.2) is 0 Å². The van der Waals surface area contributed by atoms with E-state index in [1.807, 2.05) is 13.8 Å². The number of amides is 6. The normalized spacial score (nSPS) is 27.9. The first kappa shape index (κ1) is 37.5. The van der Waals surface area contributed by atoms with E-state index in [2.05, 4.69) is 16.0 Å². The molecule has 6 amide bonds. The van der Waals surface area contributed by atoms with Crippen LogP contribution in [0.2, 0.25) is 0 Å². The Bertz CT molecular complexity index is 1370. The molecular formula is C37H58N6O8. The van der Waals surface area contributed by atoms with Gasteiger partial charge in [0.1, 0.15) is 12.1 Å². The van der Waals surface area contributed by atoms with Crippen LogP contribution in [-0.4, -0.2) is 112 Å². The van der Waals surface area contributed by atoms with Crippen molar-refractivity contribution in [1.82, 2.24) is 25.8 Å². The average molecular weight is 715 g/mol. The third-order valence-electron chi connectivity index (χ3n) is 13.4. The molecule has 14 heteroatoms. The van der Waals surface area contributed by atoms with E-state index in [1.165, 1.54) is 4.90 Å². The molecule has 0 bridgehead atoms. The number of ether oxygens (including phenoxy) is 1. The Morgan fingerprint density at radius 1 is 0.922 bits per heavy atom. The number of ketones is 1. The average Bonchev–Trinajstić information content (AvgIpc) is 3.68. The van der Waals surface area contributed by atoms with Crippen LogP contribution < -0.4 is 21.7 Å². The number of carbonyl (C=O) groups is 6. The van der Waals surface area contributed by atoms with Gasteiger partial charge in [-0.3, -0.25) is 24.0 Å². The highest BCUT2D eigenvalue weighted by Gasteiger charge is 2.58. The van der Waals surface area contributed by atoms with Gasteiger partial charge in [0.2, 0.25) is 23.5 Å². The minimum absolute atomic E-state index is 0.0166. The zero-order chi connectivity index (χ0) is 36.6. The predicted octanol–water partition coefficient (Wildman–Crippen LogP) is 1.51. The van der Waals surface area contributed by atoms with E-state index in [0.717, 1.165) is 83.5 Å². The van der Waals surface area contributed by atoms with Crippen LogP contribution in [0.3, 0.4) is 0 Å². The van der Waals surface area contributed by atoms with E-state index in [4.69, 9.17) is 10.5 Å². The van der Waals surface area contributed by atoms with Crippen molar-refractivity contribution in [2.45, 2.75) is 139 Å². The van der Waals surface area contributed by atoms with Gasteiger partial charge in [-0.15, -0.1) is 0 Å². The zero-order valence-electron chi connectivity index (χ0n) is 30.4. The summed E-state index contributed by atoms with van der Waals surface area (Å²) in [5.74, 6) is -3.00. The van der Waals surface area contributed by atoms with Crippen molar-refractivity contribution in [3.8, 4) is 0 Å². The Kier molecular flexibility index (Phi) is 11.0. The first-order chi connectivity index (χ1) is 24.2. The van der Waals surface area contributed by atoms with E-state index >= 15 is 0 Å². The number of nitrogens with one attached hydrogen (secondary N) is 3. The smallest absolute Gasteiger partial charge is 0.315 e. The number of hydrogen-bond acceptors (Lipinski definition) is 8. The fraction of sp³-hybridized carbons (Fsp3) is 0.838. The maximum atomic E-state index is 13.9. The van der Waals surface area contributed by atoms with Crippen molar-refractivity contribution in [3.63, 3.8) is 0 Å². The van der Waals surface area contributed by atoms with E-state index < -0.39 is 65.2 Å². The Morgan fingerprint density at radius 3 is 2.20 bits per heavy atom. The van der Waals surface area contributed by atoms with Crippen molar-refractivity contribution in [3.05, 3.63) is 0 Å². The highest BCUT2D eigenvalue weighted by molar-refractivity contribution is 6.37. The molecule has 4 saturated carbocycles. The molecule has 6 fully saturated rings. The summed E-state index contributed by atoms with van der Waals surface area (Å²) >= 11 is 0. The lowest BCUT2D eigenvalue weighted by Crippen LogP contribution is -2.59. The SMILES string of the molecule is CC(C)(C1CCC1)C1(O)C[C@@H](C(=O)NC(CC2CCC2)C(=O)C(N)=O)N(C(=O)CNC(=O)N[C@H](C(=O)N2CCOC3(CC3)C2)C2CCCCC2)C1. The molecule has 0 aromatic carbocycles. The van der Waals surface area contributed by atoms with E-state index in [9.17, 15) is 33.9 Å². The Morgan fingerprint density at radius 2 is 1.61 bits per heavy atom. The van der Waals surface area contributed by atoms with Gasteiger partial charge in [-0.2, -0.15) is 0 Å². The molecule has 2 aliphatic heterocycles. The van der Waals surface area contributed by atoms with Crippen molar-refractivity contribution >= 4 is 35.4 Å². The number of hydrogen-bond donors (Lipinski definition) is 5. The zero-order valence-corrected chi connectivity index (χ0v) is 30.4. The molecule has 1 spiro atoms. The second-order valence-electron chi connectivity index (χ2n) is 16.9. The van der Waals surface area contributed by atoms with Gasteiger partial charge in [-0.05, 0) is 68.1 Å². The molecular weight excluding hydrogens is 656 g/mol. The second-order valence-corrected chi connectivity index (χ2v) is 16.9. The molecule has 51 heavy (non-hydrogen) atoms.